The fourth-order valence-corrected chi connectivity index (χ4v) is 3.55. The Hall–Kier alpha value is -1.60. The first kappa shape index (κ1) is 17.5. The molecule has 0 saturated heterocycles. The summed E-state index contributed by atoms with van der Waals surface area (Å²) < 4.78 is 27.1. The predicted octanol–water partition coefficient (Wildman–Crippen LogP) is 0.999. The van der Waals surface area contributed by atoms with E-state index < -0.39 is 10.0 Å². The Morgan fingerprint density at radius 1 is 1.24 bits per heavy atom. The van der Waals surface area contributed by atoms with Crippen LogP contribution in [0.4, 0.5) is 5.69 Å². The second-order valence-electron chi connectivity index (χ2n) is 5.04. The molecule has 0 fully saturated rings. The summed E-state index contributed by atoms with van der Waals surface area (Å²) in [4.78, 5) is 11.7. The fourth-order valence-electron chi connectivity index (χ4n) is 2.00. The number of amides is 1. The van der Waals surface area contributed by atoms with Gasteiger partial charge in [0, 0.05) is 12.2 Å². The predicted molar refractivity (Wildman–Crippen MR) is 83.6 cm³/mol. The van der Waals surface area contributed by atoms with Gasteiger partial charge in [0.25, 0.3) is 0 Å². The zero-order valence-electron chi connectivity index (χ0n) is 12.9. The molecule has 0 atom stereocenters. The minimum Gasteiger partial charge on any atom is -0.398 e. The van der Waals surface area contributed by atoms with Crippen LogP contribution < -0.4 is 15.8 Å². The zero-order valence-corrected chi connectivity index (χ0v) is 13.7. The number of benzene rings is 1. The van der Waals surface area contributed by atoms with Crippen molar-refractivity contribution in [2.75, 3.05) is 18.8 Å². The van der Waals surface area contributed by atoms with E-state index in [1.54, 1.807) is 26.8 Å². The standard InChI is InChI=1S/C14H23N3O3S/c1-5-6-16-13(18)8-17-21(19,20)14-10(3)9(2)7-12(15)11(14)4/h7,17H,5-6,8,15H2,1-4H3,(H,16,18). The van der Waals surface area contributed by atoms with E-state index in [1.807, 2.05) is 6.92 Å². The number of hydrogen-bond acceptors (Lipinski definition) is 4. The van der Waals surface area contributed by atoms with Gasteiger partial charge in [-0.05, 0) is 49.9 Å². The Bertz CT molecular complexity index is 613. The summed E-state index contributed by atoms with van der Waals surface area (Å²) in [5.74, 6) is -0.351. The van der Waals surface area contributed by atoms with Gasteiger partial charge in [-0.15, -0.1) is 0 Å². The van der Waals surface area contributed by atoms with E-state index in [-0.39, 0.29) is 17.3 Å². The first-order valence-corrected chi connectivity index (χ1v) is 8.31. The number of hydrogen-bond donors (Lipinski definition) is 3. The molecule has 21 heavy (non-hydrogen) atoms. The molecule has 0 radical (unpaired) electrons. The smallest absolute Gasteiger partial charge is 0.241 e. The van der Waals surface area contributed by atoms with E-state index in [0.29, 0.717) is 23.4 Å². The first-order valence-electron chi connectivity index (χ1n) is 6.83. The molecule has 4 N–H and O–H groups in total. The summed E-state index contributed by atoms with van der Waals surface area (Å²) in [5.41, 5.74) is 8.20. The molecule has 0 aliphatic carbocycles. The van der Waals surface area contributed by atoms with Gasteiger partial charge in [0.2, 0.25) is 15.9 Å². The van der Waals surface area contributed by atoms with Gasteiger partial charge < -0.3 is 11.1 Å². The highest BCUT2D eigenvalue weighted by molar-refractivity contribution is 7.89. The zero-order chi connectivity index (χ0) is 16.2. The average Bonchev–Trinajstić information content (AvgIpc) is 2.41. The Kier molecular flexibility index (Phi) is 5.74. The number of carbonyl (C=O) groups is 1. The number of nitrogen functional groups attached to an aromatic ring is 1. The molecule has 0 unspecified atom stereocenters. The maximum absolute atomic E-state index is 12.4. The van der Waals surface area contributed by atoms with Crippen molar-refractivity contribution in [3.05, 3.63) is 22.8 Å². The van der Waals surface area contributed by atoms with E-state index in [0.717, 1.165) is 12.0 Å². The van der Waals surface area contributed by atoms with Crippen molar-refractivity contribution in [3.8, 4) is 0 Å². The minimum atomic E-state index is -3.78. The van der Waals surface area contributed by atoms with Crippen LogP contribution in [-0.2, 0) is 14.8 Å². The Balaban J connectivity index is 3.02. The van der Waals surface area contributed by atoms with Crippen molar-refractivity contribution in [2.24, 2.45) is 0 Å². The van der Waals surface area contributed by atoms with Gasteiger partial charge in [0.1, 0.15) is 0 Å². The molecule has 0 aromatic heterocycles. The Labute approximate surface area is 126 Å². The van der Waals surface area contributed by atoms with Crippen molar-refractivity contribution in [1.82, 2.24) is 10.0 Å². The molecule has 1 amide bonds. The van der Waals surface area contributed by atoms with Crippen molar-refractivity contribution in [1.29, 1.82) is 0 Å². The fraction of sp³-hybridized carbons (Fsp3) is 0.500. The van der Waals surface area contributed by atoms with Crippen LogP contribution in [0, 0.1) is 20.8 Å². The van der Waals surface area contributed by atoms with E-state index in [2.05, 4.69) is 10.0 Å². The molecule has 1 aromatic rings. The number of rotatable bonds is 6. The van der Waals surface area contributed by atoms with Crippen molar-refractivity contribution >= 4 is 21.6 Å². The molecule has 0 aliphatic heterocycles. The summed E-state index contributed by atoms with van der Waals surface area (Å²) >= 11 is 0. The van der Waals surface area contributed by atoms with Gasteiger partial charge in [-0.1, -0.05) is 6.92 Å². The number of nitrogens with two attached hydrogens (primary N) is 1. The summed E-state index contributed by atoms with van der Waals surface area (Å²) in [6.07, 6.45) is 0.797. The van der Waals surface area contributed by atoms with E-state index in [1.165, 1.54) is 0 Å². The lowest BCUT2D eigenvalue weighted by Crippen LogP contribution is -2.37. The maximum Gasteiger partial charge on any atom is 0.241 e. The van der Waals surface area contributed by atoms with Gasteiger partial charge in [0.15, 0.2) is 0 Å². The summed E-state index contributed by atoms with van der Waals surface area (Å²) in [7, 11) is -3.78. The van der Waals surface area contributed by atoms with Crippen molar-refractivity contribution in [2.45, 2.75) is 39.0 Å². The van der Waals surface area contributed by atoms with Crippen LogP contribution in [0.2, 0.25) is 0 Å². The third-order valence-electron chi connectivity index (χ3n) is 3.34. The third kappa shape index (κ3) is 4.18. The summed E-state index contributed by atoms with van der Waals surface area (Å²) in [6.45, 7) is 7.36. The maximum atomic E-state index is 12.4. The monoisotopic (exact) mass is 313 g/mol. The van der Waals surface area contributed by atoms with Gasteiger partial charge in [0.05, 0.1) is 11.4 Å². The van der Waals surface area contributed by atoms with Crippen LogP contribution in [0.1, 0.15) is 30.0 Å². The lowest BCUT2D eigenvalue weighted by atomic mass is 10.1. The van der Waals surface area contributed by atoms with Crippen LogP contribution in [0.25, 0.3) is 0 Å². The van der Waals surface area contributed by atoms with Crippen LogP contribution in [0.15, 0.2) is 11.0 Å². The van der Waals surface area contributed by atoms with Gasteiger partial charge >= 0.3 is 0 Å². The number of nitrogens with one attached hydrogen (secondary N) is 2. The number of aryl methyl sites for hydroxylation is 1. The summed E-state index contributed by atoms with van der Waals surface area (Å²) in [6, 6.07) is 1.75. The SMILES string of the molecule is CCCNC(=O)CNS(=O)(=O)c1c(C)c(C)cc(N)c1C. The lowest BCUT2D eigenvalue weighted by molar-refractivity contribution is -0.119. The number of carbonyl (C=O) groups excluding carboxylic acids is 1. The molecule has 118 valence electrons. The van der Waals surface area contributed by atoms with Gasteiger partial charge in [-0.3, -0.25) is 4.79 Å². The van der Waals surface area contributed by atoms with E-state index in [4.69, 9.17) is 5.73 Å². The van der Waals surface area contributed by atoms with E-state index >= 15 is 0 Å². The largest absolute Gasteiger partial charge is 0.398 e. The molecule has 0 heterocycles. The highest BCUT2D eigenvalue weighted by atomic mass is 32.2. The topological polar surface area (TPSA) is 101 Å². The highest BCUT2D eigenvalue weighted by Gasteiger charge is 2.22. The second-order valence-corrected chi connectivity index (χ2v) is 6.74. The third-order valence-corrected chi connectivity index (χ3v) is 5.02. The van der Waals surface area contributed by atoms with Crippen molar-refractivity contribution < 1.29 is 13.2 Å². The normalized spacial score (nSPS) is 11.4. The van der Waals surface area contributed by atoms with Crippen molar-refractivity contribution in [3.63, 3.8) is 0 Å². The molecule has 1 aromatic carbocycles. The molecule has 0 aliphatic rings. The van der Waals surface area contributed by atoms with Crippen LogP contribution in [-0.4, -0.2) is 27.4 Å². The van der Waals surface area contributed by atoms with Gasteiger partial charge in [-0.25, -0.2) is 13.1 Å². The number of anilines is 1. The molecule has 0 spiro atoms. The molecule has 7 heteroatoms. The minimum absolute atomic E-state index is 0.156. The average molecular weight is 313 g/mol. The van der Waals surface area contributed by atoms with E-state index in [9.17, 15) is 13.2 Å². The van der Waals surface area contributed by atoms with Crippen LogP contribution in [0.3, 0.4) is 0 Å². The molecule has 1 rings (SSSR count). The van der Waals surface area contributed by atoms with Gasteiger partial charge in [-0.2, -0.15) is 0 Å². The second kappa shape index (κ2) is 6.91. The molecule has 0 saturated carbocycles. The Morgan fingerprint density at radius 2 is 1.86 bits per heavy atom. The molecule has 6 nitrogen and oxygen atoms in total. The molecular weight excluding hydrogens is 290 g/mol. The summed E-state index contributed by atoms with van der Waals surface area (Å²) in [5, 5.41) is 2.62. The highest BCUT2D eigenvalue weighted by Crippen LogP contribution is 2.27. The first-order chi connectivity index (χ1) is 9.70. The van der Waals surface area contributed by atoms with Crippen LogP contribution >= 0.6 is 0 Å². The quantitative estimate of drug-likeness (QED) is 0.682. The Morgan fingerprint density at radius 3 is 2.43 bits per heavy atom. The molecular formula is C14H23N3O3S. The molecule has 0 bridgehead atoms. The van der Waals surface area contributed by atoms with Crippen LogP contribution in [0.5, 0.6) is 0 Å². The lowest BCUT2D eigenvalue weighted by Gasteiger charge is -2.15. The number of sulfonamides is 1.